The molecular formula is C17H15IN2O7. The van der Waals surface area contributed by atoms with Gasteiger partial charge in [-0.25, -0.2) is 4.79 Å². The molecule has 1 heterocycles. The van der Waals surface area contributed by atoms with E-state index < -0.39 is 22.9 Å². The summed E-state index contributed by atoms with van der Waals surface area (Å²) >= 11 is 1.98. The monoisotopic (exact) mass is 486 g/mol. The molecule has 142 valence electrons. The number of rotatable bonds is 7. The van der Waals surface area contributed by atoms with Gasteiger partial charge in [0.05, 0.1) is 18.1 Å². The summed E-state index contributed by atoms with van der Waals surface area (Å²) in [5.41, 5.74) is -0.372. The van der Waals surface area contributed by atoms with E-state index >= 15 is 0 Å². The molecule has 27 heavy (non-hydrogen) atoms. The van der Waals surface area contributed by atoms with Crippen LogP contribution < -0.4 is 10.1 Å². The van der Waals surface area contributed by atoms with Crippen molar-refractivity contribution in [2.24, 2.45) is 0 Å². The second-order valence-corrected chi connectivity index (χ2v) is 6.25. The van der Waals surface area contributed by atoms with E-state index in [0.717, 1.165) is 6.08 Å². The molecule has 0 aliphatic heterocycles. The Morgan fingerprint density at radius 3 is 2.67 bits per heavy atom. The molecule has 1 aromatic carbocycles. The number of carbonyl (C=O) groups excluding carboxylic acids is 2. The molecule has 0 aliphatic carbocycles. The maximum atomic E-state index is 12.2. The smallest absolute Gasteiger partial charge is 0.331 e. The fourth-order valence-corrected chi connectivity index (χ4v) is 2.40. The molecule has 0 saturated carbocycles. The van der Waals surface area contributed by atoms with E-state index in [9.17, 15) is 19.7 Å². The Labute approximate surface area is 167 Å². The number of halogens is 1. The van der Waals surface area contributed by atoms with Gasteiger partial charge >= 0.3 is 5.97 Å². The van der Waals surface area contributed by atoms with E-state index in [-0.39, 0.29) is 17.1 Å². The fourth-order valence-electron chi connectivity index (χ4n) is 1.96. The van der Waals surface area contributed by atoms with Gasteiger partial charge in [-0.1, -0.05) is 0 Å². The largest absolute Gasteiger partial charge is 0.496 e. The number of carbonyl (C=O) groups is 2. The third-order valence-corrected chi connectivity index (χ3v) is 3.88. The van der Waals surface area contributed by atoms with Crippen molar-refractivity contribution in [1.82, 2.24) is 0 Å². The minimum Gasteiger partial charge on any atom is -0.496 e. The average molecular weight is 486 g/mol. The Bertz CT molecular complexity index is 891. The van der Waals surface area contributed by atoms with Crippen LogP contribution in [0.15, 0.2) is 40.8 Å². The summed E-state index contributed by atoms with van der Waals surface area (Å²) in [7, 11) is 1.37. The van der Waals surface area contributed by atoms with Crippen molar-refractivity contribution in [3.8, 4) is 5.75 Å². The minimum absolute atomic E-state index is 0.0330. The van der Waals surface area contributed by atoms with Crippen LogP contribution in [0.25, 0.3) is 6.08 Å². The van der Waals surface area contributed by atoms with Gasteiger partial charge < -0.3 is 19.2 Å². The Hall–Kier alpha value is -2.89. The molecule has 0 saturated heterocycles. The first kappa shape index (κ1) is 20.4. The van der Waals surface area contributed by atoms with E-state index in [1.165, 1.54) is 38.3 Å². The number of nitro benzene ring substituents is 1. The molecule has 10 heteroatoms. The molecular weight excluding hydrogens is 471 g/mol. The summed E-state index contributed by atoms with van der Waals surface area (Å²) in [6.45, 7) is 1.35. The Morgan fingerprint density at radius 2 is 2.07 bits per heavy atom. The summed E-state index contributed by atoms with van der Waals surface area (Å²) in [6.07, 6.45) is 1.36. The van der Waals surface area contributed by atoms with Gasteiger partial charge in [-0.3, -0.25) is 14.9 Å². The maximum absolute atomic E-state index is 12.2. The van der Waals surface area contributed by atoms with Gasteiger partial charge in [0.15, 0.2) is 9.87 Å². The molecule has 1 unspecified atom stereocenters. The number of hydrogen-bond acceptors (Lipinski definition) is 7. The molecule has 2 rings (SSSR count). The fraction of sp³-hybridized carbons (Fsp3) is 0.176. The Balaban J connectivity index is 2.00. The molecule has 9 nitrogen and oxygen atoms in total. The first-order chi connectivity index (χ1) is 12.8. The number of anilines is 1. The first-order valence-corrected chi connectivity index (χ1v) is 8.65. The van der Waals surface area contributed by atoms with Gasteiger partial charge in [0.1, 0.15) is 17.2 Å². The second-order valence-electron chi connectivity index (χ2n) is 5.18. The third-order valence-electron chi connectivity index (χ3n) is 3.30. The predicted molar refractivity (Wildman–Crippen MR) is 104 cm³/mol. The molecule has 0 radical (unpaired) electrons. The predicted octanol–water partition coefficient (Wildman–Crippen LogP) is 3.38. The number of furan rings is 1. The topological polar surface area (TPSA) is 121 Å². The van der Waals surface area contributed by atoms with Crippen molar-refractivity contribution in [2.75, 3.05) is 12.4 Å². The highest BCUT2D eigenvalue weighted by Gasteiger charge is 2.22. The number of nitrogens with zero attached hydrogens (tertiary/aromatic N) is 1. The highest BCUT2D eigenvalue weighted by Crippen LogP contribution is 2.29. The number of amides is 1. The number of ether oxygens (including phenoxy) is 2. The molecule has 2 aromatic rings. The molecule has 1 atom stereocenters. The zero-order chi connectivity index (χ0) is 20.0. The standard InChI is InChI=1S/C17H15IN2O7/c1-10(26-16(21)8-5-11-4-7-15(18)27-11)17(22)19-13-6-3-12(25-2)9-14(13)20(23)24/h3-10H,1-2H3,(H,19,22)/b8-5+. The molecule has 1 amide bonds. The third kappa shape index (κ3) is 5.81. The molecule has 0 aliphatic rings. The SMILES string of the molecule is COc1ccc(NC(=O)C(C)OC(=O)/C=C/c2ccc(I)o2)c([N+](=O)[O-])c1. The normalized spacial score (nSPS) is 11.8. The van der Waals surface area contributed by atoms with E-state index in [0.29, 0.717) is 9.53 Å². The highest BCUT2D eigenvalue weighted by atomic mass is 127. The lowest BCUT2D eigenvalue weighted by molar-refractivity contribution is -0.384. The van der Waals surface area contributed by atoms with Crippen LogP contribution in [0.5, 0.6) is 5.75 Å². The molecule has 0 fully saturated rings. The van der Waals surface area contributed by atoms with E-state index in [2.05, 4.69) is 5.32 Å². The van der Waals surface area contributed by atoms with Gasteiger partial charge in [0.25, 0.3) is 11.6 Å². The first-order valence-electron chi connectivity index (χ1n) is 7.57. The number of hydrogen-bond donors (Lipinski definition) is 1. The van der Waals surface area contributed by atoms with Gasteiger partial charge in [-0.2, -0.15) is 0 Å². The summed E-state index contributed by atoms with van der Waals surface area (Å²) in [4.78, 5) is 34.4. The van der Waals surface area contributed by atoms with Crippen LogP contribution in [0.2, 0.25) is 0 Å². The molecule has 1 N–H and O–H groups in total. The lowest BCUT2D eigenvalue weighted by Crippen LogP contribution is -2.29. The van der Waals surface area contributed by atoms with Gasteiger partial charge in [-0.15, -0.1) is 0 Å². The summed E-state index contributed by atoms with van der Waals surface area (Å²) < 4.78 is 15.8. The van der Waals surface area contributed by atoms with Crippen molar-refractivity contribution >= 4 is 51.9 Å². The van der Waals surface area contributed by atoms with Crippen molar-refractivity contribution in [2.45, 2.75) is 13.0 Å². The van der Waals surface area contributed by atoms with Crippen LogP contribution in [-0.4, -0.2) is 30.0 Å². The Morgan fingerprint density at radius 1 is 1.33 bits per heavy atom. The van der Waals surface area contributed by atoms with E-state index in [1.807, 2.05) is 22.6 Å². The summed E-state index contributed by atoms with van der Waals surface area (Å²) in [6, 6.07) is 7.38. The number of methoxy groups -OCH3 is 1. The van der Waals surface area contributed by atoms with E-state index in [4.69, 9.17) is 13.9 Å². The van der Waals surface area contributed by atoms with Crippen molar-refractivity contribution in [1.29, 1.82) is 0 Å². The number of nitrogens with one attached hydrogen (secondary N) is 1. The quantitative estimate of drug-likeness (QED) is 0.209. The summed E-state index contributed by atoms with van der Waals surface area (Å²) in [5.74, 6) is -0.731. The van der Waals surface area contributed by atoms with Crippen molar-refractivity contribution in [3.05, 3.63) is 56.0 Å². The minimum atomic E-state index is -1.17. The van der Waals surface area contributed by atoms with Gasteiger partial charge in [0.2, 0.25) is 0 Å². The second kappa shape index (κ2) is 9.16. The van der Waals surface area contributed by atoms with Crippen LogP contribution in [0.4, 0.5) is 11.4 Å². The van der Waals surface area contributed by atoms with Gasteiger partial charge in [-0.05, 0) is 59.9 Å². The van der Waals surface area contributed by atoms with Crippen LogP contribution >= 0.6 is 22.6 Å². The average Bonchev–Trinajstić information content (AvgIpc) is 3.05. The zero-order valence-corrected chi connectivity index (χ0v) is 16.5. The highest BCUT2D eigenvalue weighted by molar-refractivity contribution is 14.1. The Kier molecular flexibility index (Phi) is 6.93. The molecule has 1 aromatic heterocycles. The van der Waals surface area contributed by atoms with Crippen LogP contribution in [0.1, 0.15) is 12.7 Å². The van der Waals surface area contributed by atoms with Crippen LogP contribution in [0.3, 0.4) is 0 Å². The van der Waals surface area contributed by atoms with Crippen LogP contribution in [0, 0.1) is 13.9 Å². The van der Waals surface area contributed by atoms with Gasteiger partial charge in [0, 0.05) is 6.08 Å². The van der Waals surface area contributed by atoms with Crippen molar-refractivity contribution in [3.63, 3.8) is 0 Å². The maximum Gasteiger partial charge on any atom is 0.331 e. The zero-order valence-electron chi connectivity index (χ0n) is 14.3. The van der Waals surface area contributed by atoms with Crippen molar-refractivity contribution < 1.29 is 28.4 Å². The van der Waals surface area contributed by atoms with Crippen LogP contribution in [-0.2, 0) is 14.3 Å². The van der Waals surface area contributed by atoms with E-state index in [1.54, 1.807) is 12.1 Å². The molecule has 0 spiro atoms. The number of benzene rings is 1. The number of nitro groups is 1. The summed E-state index contributed by atoms with van der Waals surface area (Å²) in [5, 5.41) is 13.5. The number of esters is 1. The lowest BCUT2D eigenvalue weighted by Gasteiger charge is -2.13. The molecule has 0 bridgehead atoms. The lowest BCUT2D eigenvalue weighted by atomic mass is 10.2.